The molecule has 0 aromatic carbocycles. The minimum absolute atomic E-state index is 0.588. The van der Waals surface area contributed by atoms with E-state index in [4.69, 9.17) is 0 Å². The molecule has 3 rings (SSSR count). The van der Waals surface area contributed by atoms with E-state index in [-0.39, 0.29) is 0 Å². The van der Waals surface area contributed by atoms with Crippen molar-refractivity contribution in [1.82, 2.24) is 29.5 Å². The first kappa shape index (κ1) is 9.76. The van der Waals surface area contributed by atoms with Gasteiger partial charge in [0, 0.05) is 25.5 Å². The second-order valence-electron chi connectivity index (χ2n) is 3.56. The molecule has 3 aromatic rings. The first-order chi connectivity index (χ1) is 8.42. The Morgan fingerprint density at radius 2 is 2.35 bits per heavy atom. The second kappa shape index (κ2) is 4.20. The summed E-state index contributed by atoms with van der Waals surface area (Å²) in [6.45, 7) is 1.56. The Bertz CT molecular complexity index is 598. The van der Waals surface area contributed by atoms with Gasteiger partial charge >= 0.3 is 0 Å². The normalized spacial score (nSPS) is 10.8. The highest BCUT2D eigenvalue weighted by molar-refractivity contribution is 5.69. The van der Waals surface area contributed by atoms with E-state index >= 15 is 0 Å². The zero-order valence-electron chi connectivity index (χ0n) is 9.04. The highest BCUT2D eigenvalue weighted by Crippen LogP contribution is 2.06. The second-order valence-corrected chi connectivity index (χ2v) is 3.56. The Hall–Kier alpha value is -2.44. The average molecular weight is 229 g/mol. The zero-order chi connectivity index (χ0) is 11.5. The van der Waals surface area contributed by atoms with Gasteiger partial charge in [-0.15, -0.1) is 0 Å². The predicted octanol–water partition coefficient (Wildman–Crippen LogP) is 0.661. The molecule has 0 fully saturated rings. The maximum Gasteiger partial charge on any atom is 0.224 e. The maximum absolute atomic E-state index is 4.26. The summed E-state index contributed by atoms with van der Waals surface area (Å²) in [4.78, 5) is 19.4. The molecule has 7 nitrogen and oxygen atoms in total. The zero-order valence-corrected chi connectivity index (χ0v) is 9.04. The monoisotopic (exact) mass is 229 g/mol. The van der Waals surface area contributed by atoms with Gasteiger partial charge in [-0.3, -0.25) is 0 Å². The fraction of sp³-hybridized carbons (Fsp3) is 0.200. The van der Waals surface area contributed by atoms with Crippen LogP contribution < -0.4 is 5.32 Å². The van der Waals surface area contributed by atoms with Crippen LogP contribution in [0.4, 0.5) is 5.95 Å². The third kappa shape index (κ3) is 2.07. The smallest absolute Gasteiger partial charge is 0.224 e. The van der Waals surface area contributed by atoms with Crippen molar-refractivity contribution in [3.05, 3.63) is 31.2 Å². The lowest BCUT2D eigenvalue weighted by atomic mass is 10.5. The third-order valence-corrected chi connectivity index (χ3v) is 2.39. The summed E-state index contributed by atoms with van der Waals surface area (Å²) in [6.07, 6.45) is 8.77. The number of imidazole rings is 2. The van der Waals surface area contributed by atoms with E-state index in [9.17, 15) is 0 Å². The molecule has 0 unspecified atom stereocenters. The predicted molar refractivity (Wildman–Crippen MR) is 62.4 cm³/mol. The fourth-order valence-corrected chi connectivity index (χ4v) is 1.54. The van der Waals surface area contributed by atoms with E-state index < -0.39 is 0 Å². The van der Waals surface area contributed by atoms with Crippen molar-refractivity contribution < 1.29 is 0 Å². The minimum Gasteiger partial charge on any atom is -0.352 e. The van der Waals surface area contributed by atoms with E-state index in [0.29, 0.717) is 11.6 Å². The van der Waals surface area contributed by atoms with Gasteiger partial charge < -0.3 is 14.9 Å². The molecule has 0 spiro atoms. The van der Waals surface area contributed by atoms with Crippen molar-refractivity contribution in [2.24, 2.45) is 0 Å². The lowest BCUT2D eigenvalue weighted by Gasteiger charge is -2.04. The third-order valence-electron chi connectivity index (χ3n) is 2.39. The van der Waals surface area contributed by atoms with E-state index in [2.05, 4.69) is 30.2 Å². The lowest BCUT2D eigenvalue weighted by Crippen LogP contribution is -2.11. The highest BCUT2D eigenvalue weighted by Gasteiger charge is 2.00. The molecule has 0 saturated heterocycles. The minimum atomic E-state index is 0.588. The number of aromatic nitrogens is 6. The van der Waals surface area contributed by atoms with Crippen LogP contribution in [0.2, 0.25) is 0 Å². The van der Waals surface area contributed by atoms with Gasteiger partial charge in [-0.2, -0.15) is 4.98 Å². The van der Waals surface area contributed by atoms with Crippen LogP contribution >= 0.6 is 0 Å². The van der Waals surface area contributed by atoms with Crippen molar-refractivity contribution in [1.29, 1.82) is 0 Å². The van der Waals surface area contributed by atoms with Gasteiger partial charge in [-0.05, 0) is 0 Å². The number of fused-ring (bicyclic) bond motifs is 1. The summed E-state index contributed by atoms with van der Waals surface area (Å²) in [5.74, 6) is 0.588. The standard InChI is InChI=1S/C10H11N7/c1-3-17(7-11-1)4-2-12-10-13-5-8-9(16-10)15-6-14-8/h1,3,5-7H,2,4H2,(H2,12,13,14,15,16). The number of nitrogens with one attached hydrogen (secondary N) is 2. The first-order valence-electron chi connectivity index (χ1n) is 5.27. The maximum atomic E-state index is 4.26. The molecule has 3 heterocycles. The Balaban J connectivity index is 1.64. The first-order valence-corrected chi connectivity index (χ1v) is 5.27. The topological polar surface area (TPSA) is 84.3 Å². The molecule has 2 N–H and O–H groups in total. The molecule has 0 radical (unpaired) electrons. The van der Waals surface area contributed by atoms with Gasteiger partial charge in [-0.25, -0.2) is 15.0 Å². The van der Waals surface area contributed by atoms with Crippen LogP contribution in [-0.4, -0.2) is 36.0 Å². The molecule has 86 valence electrons. The molecule has 0 atom stereocenters. The van der Waals surface area contributed by atoms with Crippen molar-refractivity contribution in [3.8, 4) is 0 Å². The highest BCUT2D eigenvalue weighted by atomic mass is 15.1. The average Bonchev–Trinajstić information content (AvgIpc) is 2.98. The molecule has 3 aromatic heterocycles. The molecule has 7 heteroatoms. The summed E-state index contributed by atoms with van der Waals surface area (Å²) >= 11 is 0. The summed E-state index contributed by atoms with van der Waals surface area (Å²) < 4.78 is 1.99. The number of rotatable bonds is 4. The van der Waals surface area contributed by atoms with Gasteiger partial charge in [0.15, 0.2) is 5.65 Å². The largest absolute Gasteiger partial charge is 0.352 e. The van der Waals surface area contributed by atoms with E-state index in [0.717, 1.165) is 18.6 Å². The van der Waals surface area contributed by atoms with Crippen LogP contribution in [0.15, 0.2) is 31.2 Å². The van der Waals surface area contributed by atoms with E-state index in [1.807, 2.05) is 10.8 Å². The molecule has 0 bridgehead atoms. The van der Waals surface area contributed by atoms with Gasteiger partial charge in [0.2, 0.25) is 5.95 Å². The fourth-order valence-electron chi connectivity index (χ4n) is 1.54. The van der Waals surface area contributed by atoms with Crippen molar-refractivity contribution in [2.75, 3.05) is 11.9 Å². The van der Waals surface area contributed by atoms with Crippen molar-refractivity contribution >= 4 is 17.1 Å². The molecule has 0 aliphatic heterocycles. The van der Waals surface area contributed by atoms with Gasteiger partial charge in [-0.1, -0.05) is 0 Å². The van der Waals surface area contributed by atoms with Gasteiger partial charge in [0.1, 0.15) is 5.52 Å². The van der Waals surface area contributed by atoms with Crippen LogP contribution in [-0.2, 0) is 6.54 Å². The Labute approximate surface area is 97.0 Å². The number of hydrogen-bond acceptors (Lipinski definition) is 5. The Morgan fingerprint density at radius 1 is 1.35 bits per heavy atom. The van der Waals surface area contributed by atoms with Crippen molar-refractivity contribution in [3.63, 3.8) is 0 Å². The molecule has 17 heavy (non-hydrogen) atoms. The van der Waals surface area contributed by atoms with Gasteiger partial charge in [0.05, 0.1) is 18.9 Å². The van der Waals surface area contributed by atoms with Crippen LogP contribution in [0.3, 0.4) is 0 Å². The molecule has 0 aliphatic carbocycles. The van der Waals surface area contributed by atoms with Crippen LogP contribution in [0.25, 0.3) is 11.2 Å². The molecule has 0 aliphatic rings. The SMILES string of the molecule is c1cn(CCNc2ncc3[nH]cnc3n2)cn1. The van der Waals surface area contributed by atoms with Crippen LogP contribution in [0, 0.1) is 0 Å². The summed E-state index contributed by atoms with van der Waals surface area (Å²) in [7, 11) is 0. The van der Waals surface area contributed by atoms with E-state index in [1.165, 1.54) is 0 Å². The lowest BCUT2D eigenvalue weighted by molar-refractivity contribution is 0.723. The van der Waals surface area contributed by atoms with Crippen LogP contribution in [0.1, 0.15) is 0 Å². The number of hydrogen-bond donors (Lipinski definition) is 2. The van der Waals surface area contributed by atoms with Gasteiger partial charge in [0.25, 0.3) is 0 Å². The Morgan fingerprint density at radius 3 is 3.24 bits per heavy atom. The quantitative estimate of drug-likeness (QED) is 0.686. The summed E-state index contributed by atoms with van der Waals surface area (Å²) in [5, 5.41) is 3.14. The number of H-pyrrole nitrogens is 1. The molecule has 0 amide bonds. The van der Waals surface area contributed by atoms with Crippen LogP contribution in [0.5, 0.6) is 0 Å². The summed E-state index contributed by atoms with van der Waals surface area (Å²) in [5.41, 5.74) is 1.51. The summed E-state index contributed by atoms with van der Waals surface area (Å²) in [6, 6.07) is 0. The molecule has 0 saturated carbocycles. The number of aromatic amines is 1. The van der Waals surface area contributed by atoms with Crippen molar-refractivity contribution in [2.45, 2.75) is 6.54 Å². The number of anilines is 1. The van der Waals surface area contributed by atoms with E-state index in [1.54, 1.807) is 25.0 Å². The Kier molecular flexibility index (Phi) is 2.41. The number of nitrogens with zero attached hydrogens (tertiary/aromatic N) is 5. The molecular formula is C10H11N7. The molecular weight excluding hydrogens is 218 g/mol.